The minimum absolute atomic E-state index is 0.181. The summed E-state index contributed by atoms with van der Waals surface area (Å²) in [6, 6.07) is 14.3. The van der Waals surface area contributed by atoms with Crippen molar-refractivity contribution in [3.8, 4) is 0 Å². The SMILES string of the molecule is Cc1ccccc1C(=O)NC[C@]12CO[C@H](CNC(=O)c3ccccc3Cl)[C@H]1OC(C)(C)O2. The van der Waals surface area contributed by atoms with Crippen LogP contribution in [-0.4, -0.2) is 55.1 Å². The zero-order valence-corrected chi connectivity index (χ0v) is 19.1. The third-order valence-corrected chi connectivity index (χ3v) is 6.11. The van der Waals surface area contributed by atoms with Crippen LogP contribution in [0.2, 0.25) is 5.02 Å². The van der Waals surface area contributed by atoms with Crippen LogP contribution in [0.25, 0.3) is 0 Å². The fourth-order valence-corrected chi connectivity index (χ4v) is 4.51. The Balaban J connectivity index is 1.43. The zero-order chi connectivity index (χ0) is 22.9. The van der Waals surface area contributed by atoms with Crippen molar-refractivity contribution in [2.45, 2.75) is 44.4 Å². The van der Waals surface area contributed by atoms with Crippen LogP contribution in [0, 0.1) is 6.92 Å². The highest BCUT2D eigenvalue weighted by Gasteiger charge is 2.61. The predicted molar refractivity (Wildman–Crippen MR) is 120 cm³/mol. The van der Waals surface area contributed by atoms with Gasteiger partial charge in [0.1, 0.15) is 17.8 Å². The molecule has 0 aromatic heterocycles. The van der Waals surface area contributed by atoms with Crippen LogP contribution in [0.3, 0.4) is 0 Å². The summed E-state index contributed by atoms with van der Waals surface area (Å²) >= 11 is 6.12. The van der Waals surface area contributed by atoms with E-state index in [1.807, 2.05) is 39.0 Å². The number of rotatable bonds is 6. The lowest BCUT2D eigenvalue weighted by atomic mass is 9.96. The quantitative estimate of drug-likeness (QED) is 0.694. The molecule has 2 aliphatic rings. The number of hydrogen-bond donors (Lipinski definition) is 2. The van der Waals surface area contributed by atoms with Crippen molar-refractivity contribution in [2.24, 2.45) is 0 Å². The van der Waals surface area contributed by atoms with Gasteiger partial charge < -0.3 is 24.8 Å². The summed E-state index contributed by atoms with van der Waals surface area (Å²) in [7, 11) is 0. The van der Waals surface area contributed by atoms with E-state index >= 15 is 0 Å². The molecule has 0 saturated carbocycles. The Kier molecular flexibility index (Phi) is 6.27. The lowest BCUT2D eigenvalue weighted by molar-refractivity contribution is -0.188. The van der Waals surface area contributed by atoms with Gasteiger partial charge in [-0.1, -0.05) is 41.9 Å². The highest BCUT2D eigenvalue weighted by atomic mass is 35.5. The molecule has 0 unspecified atom stereocenters. The molecule has 4 rings (SSSR count). The maximum Gasteiger partial charge on any atom is 0.252 e. The number of benzene rings is 2. The van der Waals surface area contributed by atoms with Gasteiger partial charge in [-0.25, -0.2) is 0 Å². The van der Waals surface area contributed by atoms with Gasteiger partial charge in [-0.15, -0.1) is 0 Å². The smallest absolute Gasteiger partial charge is 0.252 e. The molecule has 2 amide bonds. The van der Waals surface area contributed by atoms with E-state index in [0.29, 0.717) is 16.1 Å². The lowest BCUT2D eigenvalue weighted by Crippen LogP contribution is -2.52. The first-order valence-corrected chi connectivity index (χ1v) is 10.9. The number of aryl methyl sites for hydroxylation is 1. The van der Waals surface area contributed by atoms with E-state index in [2.05, 4.69) is 10.6 Å². The van der Waals surface area contributed by atoms with Crippen molar-refractivity contribution < 1.29 is 23.8 Å². The zero-order valence-electron chi connectivity index (χ0n) is 18.3. The number of fused-ring (bicyclic) bond motifs is 1. The average molecular weight is 459 g/mol. The second kappa shape index (κ2) is 8.83. The molecule has 0 radical (unpaired) electrons. The van der Waals surface area contributed by atoms with Crippen molar-refractivity contribution in [2.75, 3.05) is 19.7 Å². The van der Waals surface area contributed by atoms with E-state index in [1.165, 1.54) is 0 Å². The molecule has 2 heterocycles. The Morgan fingerprint density at radius 1 is 1.03 bits per heavy atom. The summed E-state index contributed by atoms with van der Waals surface area (Å²) in [5.41, 5.74) is 1.06. The summed E-state index contributed by atoms with van der Waals surface area (Å²) in [5, 5.41) is 6.22. The standard InChI is InChI=1S/C24H27ClN2O5/c1-15-8-4-5-9-16(15)21(28)27-13-24-14-30-19(20(24)31-23(2,3)32-24)12-26-22(29)17-10-6-7-11-18(17)25/h4-11,19-20H,12-14H2,1-3H3,(H,26,29)(H,27,28)/t19-,20-,24+/m1/s1. The van der Waals surface area contributed by atoms with Gasteiger partial charge in [0.05, 0.1) is 23.7 Å². The van der Waals surface area contributed by atoms with Crippen LogP contribution in [-0.2, 0) is 14.2 Å². The Morgan fingerprint density at radius 2 is 1.69 bits per heavy atom. The van der Waals surface area contributed by atoms with Gasteiger partial charge in [0.25, 0.3) is 11.8 Å². The molecule has 3 atom stereocenters. The normalized spacial score (nSPS) is 25.9. The molecule has 32 heavy (non-hydrogen) atoms. The number of ether oxygens (including phenoxy) is 3. The lowest BCUT2D eigenvalue weighted by Gasteiger charge is -2.27. The van der Waals surface area contributed by atoms with E-state index in [9.17, 15) is 9.59 Å². The molecular weight excluding hydrogens is 432 g/mol. The van der Waals surface area contributed by atoms with E-state index < -0.39 is 23.6 Å². The highest BCUT2D eigenvalue weighted by molar-refractivity contribution is 6.33. The van der Waals surface area contributed by atoms with E-state index in [1.54, 1.807) is 30.3 Å². The van der Waals surface area contributed by atoms with Gasteiger partial charge in [0.15, 0.2) is 5.79 Å². The molecule has 0 spiro atoms. The Bertz CT molecular complexity index is 1030. The van der Waals surface area contributed by atoms with Crippen LogP contribution >= 0.6 is 11.6 Å². The summed E-state index contributed by atoms with van der Waals surface area (Å²) in [5.74, 6) is -1.31. The topological polar surface area (TPSA) is 85.9 Å². The molecule has 2 saturated heterocycles. The van der Waals surface area contributed by atoms with Crippen molar-refractivity contribution >= 4 is 23.4 Å². The highest BCUT2D eigenvalue weighted by Crippen LogP contribution is 2.43. The summed E-state index contributed by atoms with van der Waals surface area (Å²) in [4.78, 5) is 25.3. The van der Waals surface area contributed by atoms with Gasteiger partial charge >= 0.3 is 0 Å². The molecule has 0 bridgehead atoms. The first-order valence-electron chi connectivity index (χ1n) is 10.6. The van der Waals surface area contributed by atoms with Gasteiger partial charge in [-0.3, -0.25) is 9.59 Å². The van der Waals surface area contributed by atoms with Crippen LogP contribution in [0.1, 0.15) is 40.1 Å². The summed E-state index contributed by atoms with van der Waals surface area (Å²) in [6.45, 7) is 6.24. The molecule has 2 aromatic carbocycles. The second-order valence-corrected chi connectivity index (χ2v) is 9.05. The molecular formula is C24H27ClN2O5. The van der Waals surface area contributed by atoms with Crippen LogP contribution < -0.4 is 10.6 Å². The van der Waals surface area contributed by atoms with Crippen molar-refractivity contribution in [1.82, 2.24) is 10.6 Å². The molecule has 7 nitrogen and oxygen atoms in total. The van der Waals surface area contributed by atoms with Gasteiger partial charge in [-0.05, 0) is 44.5 Å². The van der Waals surface area contributed by atoms with Crippen molar-refractivity contribution in [3.05, 3.63) is 70.2 Å². The Labute approximate surface area is 192 Å². The molecule has 0 aliphatic carbocycles. The summed E-state index contributed by atoms with van der Waals surface area (Å²) in [6.07, 6.45) is -0.889. The van der Waals surface area contributed by atoms with Gasteiger partial charge in [-0.2, -0.15) is 0 Å². The number of hydrogen-bond acceptors (Lipinski definition) is 5. The van der Waals surface area contributed by atoms with Crippen molar-refractivity contribution in [3.63, 3.8) is 0 Å². The number of carbonyl (C=O) groups is 2. The molecule has 8 heteroatoms. The molecule has 2 aromatic rings. The van der Waals surface area contributed by atoms with Gasteiger partial charge in [0, 0.05) is 12.1 Å². The second-order valence-electron chi connectivity index (χ2n) is 8.64. The third kappa shape index (κ3) is 4.52. The number of halogens is 1. The molecule has 2 aliphatic heterocycles. The maximum absolute atomic E-state index is 12.7. The minimum Gasteiger partial charge on any atom is -0.370 e. The van der Waals surface area contributed by atoms with Gasteiger partial charge in [0.2, 0.25) is 0 Å². The first kappa shape index (κ1) is 22.7. The van der Waals surface area contributed by atoms with E-state index in [0.717, 1.165) is 5.56 Å². The minimum atomic E-state index is -0.846. The van der Waals surface area contributed by atoms with E-state index in [4.69, 9.17) is 25.8 Å². The summed E-state index contributed by atoms with van der Waals surface area (Å²) < 4.78 is 18.3. The predicted octanol–water partition coefficient (Wildman–Crippen LogP) is 3.10. The maximum atomic E-state index is 12.7. The Hall–Kier alpha value is -2.45. The molecule has 170 valence electrons. The van der Waals surface area contributed by atoms with Crippen LogP contribution in [0.15, 0.2) is 48.5 Å². The molecule has 2 N–H and O–H groups in total. The van der Waals surface area contributed by atoms with Crippen LogP contribution in [0.4, 0.5) is 0 Å². The first-order chi connectivity index (χ1) is 15.2. The number of amides is 2. The average Bonchev–Trinajstić information content (AvgIpc) is 3.21. The Morgan fingerprint density at radius 3 is 2.41 bits per heavy atom. The fraction of sp³-hybridized carbons (Fsp3) is 0.417. The fourth-order valence-electron chi connectivity index (χ4n) is 4.29. The monoisotopic (exact) mass is 458 g/mol. The number of nitrogens with one attached hydrogen (secondary N) is 2. The number of carbonyl (C=O) groups excluding carboxylic acids is 2. The molecule has 2 fully saturated rings. The van der Waals surface area contributed by atoms with E-state index in [-0.39, 0.29) is 31.5 Å². The largest absolute Gasteiger partial charge is 0.370 e. The third-order valence-electron chi connectivity index (χ3n) is 5.78. The van der Waals surface area contributed by atoms with Crippen molar-refractivity contribution in [1.29, 1.82) is 0 Å². The van der Waals surface area contributed by atoms with Crippen LogP contribution in [0.5, 0.6) is 0 Å².